The molecule has 3 aromatic heterocycles. The molecule has 196 valence electrons. The van der Waals surface area contributed by atoms with Gasteiger partial charge in [0, 0.05) is 25.0 Å². The molecule has 0 radical (unpaired) electrons. The van der Waals surface area contributed by atoms with Gasteiger partial charge in [0.2, 0.25) is 0 Å². The lowest BCUT2D eigenvalue weighted by Gasteiger charge is -2.26. The minimum Gasteiger partial charge on any atom is -0.346 e. The Bertz CT molecular complexity index is 1560. The third kappa shape index (κ3) is 5.15. The van der Waals surface area contributed by atoms with E-state index in [1.165, 1.54) is 17.4 Å². The highest BCUT2D eigenvalue weighted by molar-refractivity contribution is 7.13. The number of aryl methyl sites for hydroxylation is 1. The van der Waals surface area contributed by atoms with E-state index in [2.05, 4.69) is 20.2 Å². The van der Waals surface area contributed by atoms with Crippen LogP contribution >= 0.6 is 11.3 Å². The number of nitrogens with one attached hydrogen (secondary N) is 1. The van der Waals surface area contributed by atoms with Crippen molar-refractivity contribution in [3.8, 4) is 10.6 Å². The van der Waals surface area contributed by atoms with Crippen molar-refractivity contribution >= 4 is 28.7 Å². The first-order chi connectivity index (χ1) is 18.5. The summed E-state index contributed by atoms with van der Waals surface area (Å²) in [5.74, 6) is 0.242. The smallest absolute Gasteiger partial charge is 0.271 e. The Kier molecular flexibility index (Phi) is 7.46. The summed E-state index contributed by atoms with van der Waals surface area (Å²) in [6.07, 6.45) is 2.40. The van der Waals surface area contributed by atoms with E-state index in [0.717, 1.165) is 33.3 Å². The number of carbonyl (C=O) groups is 1. The van der Waals surface area contributed by atoms with E-state index in [4.69, 9.17) is 5.10 Å². The van der Waals surface area contributed by atoms with Crippen molar-refractivity contribution in [2.45, 2.75) is 39.3 Å². The van der Waals surface area contributed by atoms with Crippen molar-refractivity contribution in [1.82, 2.24) is 24.9 Å². The van der Waals surface area contributed by atoms with E-state index in [1.807, 2.05) is 69.3 Å². The van der Waals surface area contributed by atoms with Gasteiger partial charge in [-0.1, -0.05) is 56.3 Å². The van der Waals surface area contributed by atoms with Gasteiger partial charge in [0.1, 0.15) is 22.3 Å². The Morgan fingerprint density at radius 1 is 1.11 bits per heavy atom. The molecule has 2 atom stereocenters. The Labute approximate surface area is 226 Å². The Balaban J connectivity index is 0.00000115. The van der Waals surface area contributed by atoms with Gasteiger partial charge in [-0.3, -0.25) is 4.79 Å². The lowest BCUT2D eigenvalue weighted by molar-refractivity contribution is 0.0935. The molecule has 1 N–H and O–H groups in total. The van der Waals surface area contributed by atoms with Crippen LogP contribution in [-0.4, -0.2) is 38.1 Å². The number of benzene rings is 2. The van der Waals surface area contributed by atoms with Gasteiger partial charge in [-0.25, -0.2) is 18.9 Å². The predicted octanol–water partition coefficient (Wildman–Crippen LogP) is 6.32. The maximum atomic E-state index is 14.1. The third-order valence-corrected chi connectivity index (χ3v) is 7.33. The van der Waals surface area contributed by atoms with Crippen molar-refractivity contribution in [2.24, 2.45) is 0 Å². The SMILES string of the molecule is CC.Cc1cnc2ccc(N3CC(NC(=O)c4csc(-c5ccccc5)n4)C[C@@H]3c3cccc(F)c3)nn12.[HH]. The average molecular weight is 531 g/mol. The molecule has 38 heavy (non-hydrogen) atoms. The van der Waals surface area contributed by atoms with Crippen LogP contribution in [0.5, 0.6) is 0 Å². The second-order valence-corrected chi connectivity index (χ2v) is 9.75. The monoisotopic (exact) mass is 530 g/mol. The number of amides is 1. The van der Waals surface area contributed by atoms with E-state index in [9.17, 15) is 9.18 Å². The Morgan fingerprint density at radius 2 is 1.92 bits per heavy atom. The summed E-state index contributed by atoms with van der Waals surface area (Å²) < 4.78 is 15.9. The molecular formula is C29H31FN6OS. The highest BCUT2D eigenvalue weighted by Gasteiger charge is 2.35. The van der Waals surface area contributed by atoms with Gasteiger partial charge in [-0.05, 0) is 43.2 Å². The molecule has 6 rings (SSSR count). The zero-order chi connectivity index (χ0) is 26.6. The Morgan fingerprint density at radius 3 is 2.71 bits per heavy atom. The van der Waals surface area contributed by atoms with Gasteiger partial charge < -0.3 is 10.2 Å². The lowest BCUT2D eigenvalue weighted by Crippen LogP contribution is -2.37. The number of anilines is 1. The molecule has 0 aliphatic carbocycles. The fourth-order valence-electron chi connectivity index (χ4n) is 4.71. The standard InChI is InChI=1S/C27H23FN6OS.C2H6.H2/c1-17-14-29-24-10-11-25(32-34(17)24)33-15-21(13-23(33)19-8-5-9-20(28)12-19)30-26(35)22-16-36-27(31-22)18-6-3-2-4-7-18;1-2;/h2-12,14,16,21,23H,13,15H2,1H3,(H,30,35);1-2H3;1H/t21?,23-;;/m1../s1. The topological polar surface area (TPSA) is 75.4 Å². The summed E-state index contributed by atoms with van der Waals surface area (Å²) in [5, 5.41) is 10.5. The van der Waals surface area contributed by atoms with Crippen LogP contribution in [0.1, 0.15) is 49.5 Å². The van der Waals surface area contributed by atoms with Crippen molar-refractivity contribution in [3.05, 3.63) is 101 Å². The number of rotatable bonds is 5. The second kappa shape index (κ2) is 11.1. The molecule has 4 heterocycles. The summed E-state index contributed by atoms with van der Waals surface area (Å²) in [5.41, 5.74) is 3.91. The van der Waals surface area contributed by atoms with Crippen molar-refractivity contribution in [3.63, 3.8) is 0 Å². The minimum atomic E-state index is -0.287. The van der Waals surface area contributed by atoms with E-state index in [-0.39, 0.29) is 25.2 Å². The number of thiazole rings is 1. The largest absolute Gasteiger partial charge is 0.346 e. The van der Waals surface area contributed by atoms with Gasteiger partial charge in [0.15, 0.2) is 5.65 Å². The molecule has 1 fully saturated rings. The van der Waals surface area contributed by atoms with Crippen molar-refractivity contribution < 1.29 is 10.6 Å². The van der Waals surface area contributed by atoms with Crippen molar-refractivity contribution in [1.29, 1.82) is 0 Å². The number of aromatic nitrogens is 4. The first-order valence-electron chi connectivity index (χ1n) is 12.7. The third-order valence-electron chi connectivity index (χ3n) is 6.44. The first-order valence-corrected chi connectivity index (χ1v) is 13.6. The van der Waals surface area contributed by atoms with Crippen molar-refractivity contribution in [2.75, 3.05) is 11.4 Å². The molecule has 0 saturated carbocycles. The Hall–Kier alpha value is -4.11. The zero-order valence-corrected chi connectivity index (χ0v) is 22.3. The molecule has 1 aliphatic heterocycles. The molecule has 1 aliphatic rings. The number of imidazole rings is 1. The number of carbonyl (C=O) groups excluding carboxylic acids is 1. The van der Waals surface area contributed by atoms with E-state index < -0.39 is 0 Å². The van der Waals surface area contributed by atoms with E-state index in [1.54, 1.807) is 28.2 Å². The predicted molar refractivity (Wildman–Crippen MR) is 151 cm³/mol. The normalized spacial score (nSPS) is 16.8. The molecule has 1 saturated heterocycles. The summed E-state index contributed by atoms with van der Waals surface area (Å²) in [4.78, 5) is 24.1. The van der Waals surface area contributed by atoms with Gasteiger partial charge in [-0.15, -0.1) is 16.4 Å². The fraction of sp³-hybridized carbons (Fsp3) is 0.241. The highest BCUT2D eigenvalue weighted by Crippen LogP contribution is 2.36. The number of hydrogen-bond donors (Lipinski definition) is 1. The van der Waals surface area contributed by atoms with Crippen LogP contribution in [-0.2, 0) is 0 Å². The molecule has 0 bridgehead atoms. The van der Waals surface area contributed by atoms with Gasteiger partial charge >= 0.3 is 0 Å². The summed E-state index contributed by atoms with van der Waals surface area (Å²) in [6, 6.07) is 20.0. The van der Waals surface area contributed by atoms with Crippen LogP contribution in [0.4, 0.5) is 10.2 Å². The maximum absolute atomic E-state index is 14.1. The highest BCUT2D eigenvalue weighted by atomic mass is 32.1. The molecule has 7 nitrogen and oxygen atoms in total. The first kappa shape index (κ1) is 25.5. The minimum absolute atomic E-state index is 0. The van der Waals surface area contributed by atoms with E-state index >= 15 is 0 Å². The summed E-state index contributed by atoms with van der Waals surface area (Å²) in [6.45, 7) is 6.49. The summed E-state index contributed by atoms with van der Waals surface area (Å²) in [7, 11) is 0. The van der Waals surface area contributed by atoms with Gasteiger partial charge in [0.05, 0.1) is 17.9 Å². The molecular weight excluding hydrogens is 499 g/mol. The molecule has 0 spiro atoms. The van der Waals surface area contributed by atoms with Crippen LogP contribution < -0.4 is 10.2 Å². The molecule has 5 aromatic rings. The quantitative estimate of drug-likeness (QED) is 0.288. The maximum Gasteiger partial charge on any atom is 0.271 e. The number of nitrogens with zero attached hydrogens (tertiary/aromatic N) is 5. The zero-order valence-electron chi connectivity index (χ0n) is 21.5. The van der Waals surface area contributed by atoms with Crippen LogP contribution in [0.15, 0.2) is 78.3 Å². The number of fused-ring (bicyclic) bond motifs is 1. The molecule has 1 unspecified atom stereocenters. The van der Waals surface area contributed by atoms with Crippen LogP contribution in [0.3, 0.4) is 0 Å². The molecule has 1 amide bonds. The number of hydrogen-bond acceptors (Lipinski definition) is 6. The second-order valence-electron chi connectivity index (χ2n) is 8.89. The van der Waals surface area contributed by atoms with Gasteiger partial charge in [-0.2, -0.15) is 0 Å². The van der Waals surface area contributed by atoms with Gasteiger partial charge in [0.25, 0.3) is 5.91 Å². The van der Waals surface area contributed by atoms with Crippen LogP contribution in [0.2, 0.25) is 0 Å². The van der Waals surface area contributed by atoms with Crippen LogP contribution in [0.25, 0.3) is 16.2 Å². The summed E-state index contributed by atoms with van der Waals surface area (Å²) >= 11 is 1.45. The van der Waals surface area contributed by atoms with Crippen LogP contribution in [0, 0.1) is 12.7 Å². The fourth-order valence-corrected chi connectivity index (χ4v) is 5.51. The molecule has 2 aromatic carbocycles. The van der Waals surface area contributed by atoms with E-state index in [0.29, 0.717) is 18.7 Å². The lowest BCUT2D eigenvalue weighted by atomic mass is 10.0. The average Bonchev–Trinajstić information content (AvgIpc) is 3.69. The molecule has 9 heteroatoms. The number of halogens is 1.